The summed E-state index contributed by atoms with van der Waals surface area (Å²) in [6.07, 6.45) is 6.17. The van der Waals surface area contributed by atoms with E-state index in [4.69, 9.17) is 9.72 Å². The smallest absolute Gasteiger partial charge is 0.251 e. The minimum atomic E-state index is -0.987. The SMILES string of the molecule is CC(C)(O)COc1cc(-c2ccc(N3CC4CC(C3)C4NC(=O)c3ccccc3)nc2)c2c(C#N)cnn2c1. The number of amides is 1. The van der Waals surface area contributed by atoms with Gasteiger partial charge in [-0.15, -0.1) is 0 Å². The third-order valence-corrected chi connectivity index (χ3v) is 7.55. The first-order chi connectivity index (χ1) is 18.8. The van der Waals surface area contributed by atoms with Gasteiger partial charge < -0.3 is 20.1 Å². The second kappa shape index (κ2) is 9.71. The normalized spacial score (nSPS) is 20.3. The highest BCUT2D eigenvalue weighted by Crippen LogP contribution is 2.41. The lowest BCUT2D eigenvalue weighted by atomic mass is 9.66. The third-order valence-electron chi connectivity index (χ3n) is 7.55. The summed E-state index contributed by atoms with van der Waals surface area (Å²) in [6.45, 7) is 5.16. The minimum Gasteiger partial charge on any atom is -0.489 e. The highest BCUT2D eigenvalue weighted by atomic mass is 16.5. The van der Waals surface area contributed by atoms with Crippen LogP contribution >= 0.6 is 0 Å². The summed E-state index contributed by atoms with van der Waals surface area (Å²) in [5, 5.41) is 27.3. The van der Waals surface area contributed by atoms with Crippen molar-refractivity contribution in [1.29, 1.82) is 5.26 Å². The molecule has 2 aliphatic heterocycles. The van der Waals surface area contributed by atoms with Crippen LogP contribution in [0, 0.1) is 23.2 Å². The standard InChI is InChI=1S/C30H30N6O3/c1-30(2,38)18-39-24-11-25(28-23(12-31)14-33-36(28)17-24)20-8-9-26(32-13-20)35-15-21-10-22(16-35)27(21)34-29(37)19-6-4-3-5-7-19/h3-9,11,13-14,17,21-22,27,38H,10,15-16,18H2,1-2H3,(H,34,37). The Labute approximate surface area is 226 Å². The Balaban J connectivity index is 1.19. The number of hydrogen-bond acceptors (Lipinski definition) is 7. The quantitative estimate of drug-likeness (QED) is 0.380. The number of ether oxygens (including phenoxy) is 1. The van der Waals surface area contributed by atoms with Gasteiger partial charge in [0.1, 0.15) is 24.2 Å². The van der Waals surface area contributed by atoms with E-state index in [0.29, 0.717) is 34.2 Å². The third kappa shape index (κ3) is 4.91. The van der Waals surface area contributed by atoms with Crippen LogP contribution in [-0.4, -0.2) is 57.0 Å². The molecule has 1 saturated carbocycles. The summed E-state index contributed by atoms with van der Waals surface area (Å²) in [7, 11) is 0. The van der Waals surface area contributed by atoms with E-state index in [1.54, 1.807) is 24.6 Å². The van der Waals surface area contributed by atoms with Crippen LogP contribution in [-0.2, 0) is 0 Å². The average Bonchev–Trinajstić information content (AvgIpc) is 3.37. The maximum Gasteiger partial charge on any atom is 0.251 e. The van der Waals surface area contributed by atoms with E-state index < -0.39 is 5.60 Å². The molecule has 2 bridgehead atoms. The van der Waals surface area contributed by atoms with Crippen molar-refractivity contribution in [1.82, 2.24) is 19.9 Å². The number of fused-ring (bicyclic) bond motifs is 3. The van der Waals surface area contributed by atoms with Gasteiger partial charge in [0.2, 0.25) is 0 Å². The molecule has 1 aliphatic carbocycles. The number of anilines is 1. The molecule has 2 N–H and O–H groups in total. The molecule has 39 heavy (non-hydrogen) atoms. The van der Waals surface area contributed by atoms with Crippen LogP contribution in [0.5, 0.6) is 5.75 Å². The molecule has 3 aromatic heterocycles. The molecule has 5 heterocycles. The van der Waals surface area contributed by atoms with Crippen molar-refractivity contribution in [3.8, 4) is 22.9 Å². The molecule has 3 fully saturated rings. The van der Waals surface area contributed by atoms with Crippen molar-refractivity contribution in [2.75, 3.05) is 24.6 Å². The lowest BCUT2D eigenvalue weighted by Crippen LogP contribution is -2.64. The summed E-state index contributed by atoms with van der Waals surface area (Å²) in [4.78, 5) is 19.7. The van der Waals surface area contributed by atoms with Gasteiger partial charge in [0.15, 0.2) is 0 Å². The largest absolute Gasteiger partial charge is 0.489 e. The van der Waals surface area contributed by atoms with Crippen molar-refractivity contribution < 1.29 is 14.6 Å². The van der Waals surface area contributed by atoms with Gasteiger partial charge in [-0.3, -0.25) is 4.79 Å². The monoisotopic (exact) mass is 522 g/mol. The first-order valence-corrected chi connectivity index (χ1v) is 13.1. The molecule has 9 nitrogen and oxygen atoms in total. The Hall–Kier alpha value is -4.42. The van der Waals surface area contributed by atoms with Crippen LogP contribution in [0.1, 0.15) is 36.2 Å². The van der Waals surface area contributed by atoms with Crippen molar-refractivity contribution in [3.63, 3.8) is 0 Å². The molecule has 2 saturated heterocycles. The second-order valence-corrected chi connectivity index (χ2v) is 11.1. The Morgan fingerprint density at radius 1 is 1.18 bits per heavy atom. The number of aliphatic hydroxyl groups is 1. The van der Waals surface area contributed by atoms with E-state index in [1.165, 1.54) is 6.20 Å². The van der Waals surface area contributed by atoms with Crippen LogP contribution in [0.25, 0.3) is 16.6 Å². The van der Waals surface area contributed by atoms with Gasteiger partial charge in [-0.05, 0) is 62.4 Å². The molecule has 2 unspecified atom stereocenters. The Bertz CT molecular complexity index is 1540. The summed E-state index contributed by atoms with van der Waals surface area (Å²) in [5.41, 5.74) is 2.46. The number of nitrogens with zero attached hydrogens (tertiary/aromatic N) is 5. The predicted octanol–water partition coefficient (Wildman–Crippen LogP) is 3.67. The zero-order chi connectivity index (χ0) is 27.1. The molecule has 1 aromatic carbocycles. The zero-order valence-corrected chi connectivity index (χ0v) is 21.9. The van der Waals surface area contributed by atoms with Crippen LogP contribution in [0.4, 0.5) is 5.82 Å². The van der Waals surface area contributed by atoms with Crippen molar-refractivity contribution in [2.45, 2.75) is 31.9 Å². The molecule has 0 radical (unpaired) electrons. The maximum absolute atomic E-state index is 12.7. The van der Waals surface area contributed by atoms with E-state index in [0.717, 1.165) is 36.5 Å². The van der Waals surface area contributed by atoms with Gasteiger partial charge in [0.25, 0.3) is 5.91 Å². The van der Waals surface area contributed by atoms with Gasteiger partial charge in [-0.2, -0.15) is 10.4 Å². The second-order valence-electron chi connectivity index (χ2n) is 11.1. The number of nitrogens with one attached hydrogen (secondary N) is 1. The molecule has 2 atom stereocenters. The summed E-state index contributed by atoms with van der Waals surface area (Å²) in [5.74, 6) is 2.21. The fraction of sp³-hybridized carbons (Fsp3) is 0.333. The predicted molar refractivity (Wildman–Crippen MR) is 146 cm³/mol. The summed E-state index contributed by atoms with van der Waals surface area (Å²) in [6, 6.07) is 17.6. The van der Waals surface area contributed by atoms with Crippen LogP contribution in [0.2, 0.25) is 0 Å². The molecule has 0 spiro atoms. The summed E-state index contributed by atoms with van der Waals surface area (Å²) >= 11 is 0. The summed E-state index contributed by atoms with van der Waals surface area (Å²) < 4.78 is 7.46. The number of carbonyl (C=O) groups is 1. The van der Waals surface area contributed by atoms with E-state index in [2.05, 4.69) is 21.4 Å². The zero-order valence-electron chi connectivity index (χ0n) is 21.9. The molecule has 198 valence electrons. The maximum atomic E-state index is 12.7. The van der Waals surface area contributed by atoms with Gasteiger partial charge in [0.05, 0.1) is 29.1 Å². The number of piperidine rings is 2. The van der Waals surface area contributed by atoms with E-state index in [9.17, 15) is 15.2 Å². The Morgan fingerprint density at radius 2 is 1.95 bits per heavy atom. The van der Waals surface area contributed by atoms with Gasteiger partial charge in [-0.25, -0.2) is 9.50 Å². The van der Waals surface area contributed by atoms with E-state index in [-0.39, 0.29) is 18.6 Å². The molecule has 9 heteroatoms. The molecule has 7 rings (SSSR count). The fourth-order valence-corrected chi connectivity index (χ4v) is 5.61. The lowest BCUT2D eigenvalue weighted by molar-refractivity contribution is 0.0283. The van der Waals surface area contributed by atoms with Crippen LogP contribution in [0.3, 0.4) is 0 Å². The van der Waals surface area contributed by atoms with Gasteiger partial charge >= 0.3 is 0 Å². The fourth-order valence-electron chi connectivity index (χ4n) is 5.61. The molecular formula is C30H30N6O3. The van der Waals surface area contributed by atoms with Crippen molar-refractivity contribution in [3.05, 3.63) is 78.2 Å². The van der Waals surface area contributed by atoms with Gasteiger partial charge in [0, 0.05) is 42.0 Å². The number of carbonyl (C=O) groups excluding carboxylic acids is 1. The highest BCUT2D eigenvalue weighted by molar-refractivity contribution is 5.94. The number of pyridine rings is 2. The number of hydrogen-bond donors (Lipinski definition) is 2. The number of rotatable bonds is 7. The van der Waals surface area contributed by atoms with Crippen LogP contribution in [0.15, 0.2) is 67.1 Å². The molecular weight excluding hydrogens is 492 g/mol. The lowest BCUT2D eigenvalue weighted by Gasteiger charge is -2.54. The first kappa shape index (κ1) is 24.9. The highest BCUT2D eigenvalue weighted by Gasteiger charge is 2.47. The van der Waals surface area contributed by atoms with Crippen molar-refractivity contribution >= 4 is 17.2 Å². The van der Waals surface area contributed by atoms with Crippen molar-refractivity contribution in [2.24, 2.45) is 11.8 Å². The molecule has 3 aliphatic rings. The number of nitriles is 1. The van der Waals surface area contributed by atoms with Gasteiger partial charge in [-0.1, -0.05) is 18.2 Å². The molecule has 1 amide bonds. The topological polar surface area (TPSA) is 116 Å². The Kier molecular flexibility index (Phi) is 6.20. The van der Waals surface area contributed by atoms with Crippen LogP contribution < -0.4 is 15.0 Å². The first-order valence-electron chi connectivity index (χ1n) is 13.1. The number of benzene rings is 1. The minimum absolute atomic E-state index is 0.0112. The molecule has 4 aromatic rings. The average molecular weight is 523 g/mol. The number of aromatic nitrogens is 3. The Morgan fingerprint density at radius 3 is 2.62 bits per heavy atom. The van der Waals surface area contributed by atoms with E-state index in [1.807, 2.05) is 54.7 Å². The van der Waals surface area contributed by atoms with E-state index >= 15 is 0 Å².